The van der Waals surface area contributed by atoms with E-state index < -0.39 is 0 Å². The van der Waals surface area contributed by atoms with Gasteiger partial charge in [-0.15, -0.1) is 0 Å². The zero-order valence-electron chi connectivity index (χ0n) is 13.5. The fraction of sp³-hybridized carbons (Fsp3) is 0.588. The second kappa shape index (κ2) is 9.40. The molecule has 0 aliphatic rings. The van der Waals surface area contributed by atoms with Crippen LogP contribution in [0.1, 0.15) is 38.7 Å². The third kappa shape index (κ3) is 5.76. The van der Waals surface area contributed by atoms with Gasteiger partial charge < -0.3 is 15.4 Å². The number of rotatable bonds is 9. The fourth-order valence-corrected chi connectivity index (χ4v) is 2.48. The molecule has 0 bridgehead atoms. The van der Waals surface area contributed by atoms with Gasteiger partial charge in [-0.25, -0.2) is 0 Å². The van der Waals surface area contributed by atoms with Crippen molar-refractivity contribution in [3.05, 3.63) is 29.8 Å². The Bertz CT molecular complexity index is 431. The van der Waals surface area contributed by atoms with E-state index in [0.29, 0.717) is 26.1 Å². The Hall–Kier alpha value is -1.55. The first-order valence-electron chi connectivity index (χ1n) is 7.81. The molecule has 2 N–H and O–H groups in total. The molecule has 0 aliphatic carbocycles. The Kier molecular flexibility index (Phi) is 7.83. The summed E-state index contributed by atoms with van der Waals surface area (Å²) >= 11 is 0. The van der Waals surface area contributed by atoms with Crippen LogP contribution in [-0.4, -0.2) is 36.5 Å². The molecule has 0 heterocycles. The largest absolute Gasteiger partial charge is 0.493 e. The van der Waals surface area contributed by atoms with Gasteiger partial charge in [-0.3, -0.25) is 4.79 Å². The minimum atomic E-state index is 0.127. The molecule has 0 saturated carbocycles. The molecule has 0 radical (unpaired) electrons. The maximum Gasteiger partial charge on any atom is 0.226 e. The van der Waals surface area contributed by atoms with Crippen LogP contribution in [0.2, 0.25) is 0 Å². The normalized spacial score (nSPS) is 10.7. The molecule has 4 heteroatoms. The van der Waals surface area contributed by atoms with Crippen molar-refractivity contribution in [1.29, 1.82) is 0 Å². The van der Waals surface area contributed by atoms with Crippen LogP contribution in [0.4, 0.5) is 0 Å². The molecule has 4 nitrogen and oxygen atoms in total. The summed E-state index contributed by atoms with van der Waals surface area (Å²) < 4.78 is 5.65. The number of aryl methyl sites for hydroxylation is 1. The van der Waals surface area contributed by atoms with Gasteiger partial charge in [-0.2, -0.15) is 0 Å². The topological polar surface area (TPSA) is 55.6 Å². The molecular weight excluding hydrogens is 264 g/mol. The van der Waals surface area contributed by atoms with Gasteiger partial charge in [-0.1, -0.05) is 26.0 Å². The van der Waals surface area contributed by atoms with E-state index >= 15 is 0 Å². The molecule has 0 aromatic heterocycles. The van der Waals surface area contributed by atoms with Crippen molar-refractivity contribution in [3.63, 3.8) is 0 Å². The van der Waals surface area contributed by atoms with Crippen molar-refractivity contribution >= 4 is 5.91 Å². The van der Waals surface area contributed by atoms with Crippen molar-refractivity contribution < 1.29 is 9.53 Å². The predicted octanol–water partition coefficient (Wildman–Crippen LogP) is 2.74. The maximum atomic E-state index is 12.3. The molecule has 0 spiro atoms. The van der Waals surface area contributed by atoms with E-state index in [0.717, 1.165) is 24.2 Å². The van der Waals surface area contributed by atoms with E-state index in [2.05, 4.69) is 13.8 Å². The summed E-state index contributed by atoms with van der Waals surface area (Å²) in [4.78, 5) is 14.2. The summed E-state index contributed by atoms with van der Waals surface area (Å²) in [6.45, 7) is 7.76. The van der Waals surface area contributed by atoms with Crippen molar-refractivity contribution in [2.45, 2.75) is 46.1 Å². The fourth-order valence-electron chi connectivity index (χ4n) is 2.48. The molecule has 118 valence electrons. The van der Waals surface area contributed by atoms with Gasteiger partial charge in [0.2, 0.25) is 5.91 Å². The molecule has 0 saturated heterocycles. The zero-order chi connectivity index (χ0) is 15.7. The summed E-state index contributed by atoms with van der Waals surface area (Å²) in [5.74, 6) is 0.942. The van der Waals surface area contributed by atoms with Crippen molar-refractivity contribution in [1.82, 2.24) is 4.90 Å². The van der Waals surface area contributed by atoms with Crippen LogP contribution >= 0.6 is 0 Å². The Labute approximate surface area is 128 Å². The summed E-state index contributed by atoms with van der Waals surface area (Å²) in [6, 6.07) is 8.14. The summed E-state index contributed by atoms with van der Waals surface area (Å²) in [6.07, 6.45) is 2.31. The summed E-state index contributed by atoms with van der Waals surface area (Å²) in [7, 11) is 0. The molecule has 0 fully saturated rings. The lowest BCUT2D eigenvalue weighted by molar-refractivity contribution is -0.134. The average molecular weight is 292 g/mol. The molecule has 1 rings (SSSR count). The first kappa shape index (κ1) is 17.5. The highest BCUT2D eigenvalue weighted by molar-refractivity contribution is 5.76. The zero-order valence-corrected chi connectivity index (χ0v) is 13.5. The number of carbonyl (C=O) groups excluding carboxylic acids is 1. The standard InChI is InChI=1S/C17H28N2O2/c1-4-15(5-2)19(11-10-18)17(20)9-12-21-16-8-6-7-14(3)13-16/h6-8,13,15H,4-5,9-12,18H2,1-3H3. The van der Waals surface area contributed by atoms with Crippen LogP contribution < -0.4 is 10.5 Å². The Morgan fingerprint density at radius 2 is 2.05 bits per heavy atom. The quantitative estimate of drug-likeness (QED) is 0.761. The summed E-state index contributed by atoms with van der Waals surface area (Å²) in [5, 5.41) is 0. The average Bonchev–Trinajstić information content (AvgIpc) is 2.47. The van der Waals surface area contributed by atoms with Crippen LogP contribution in [0, 0.1) is 6.92 Å². The van der Waals surface area contributed by atoms with Gasteiger partial charge in [0, 0.05) is 19.1 Å². The number of hydrogen-bond donors (Lipinski definition) is 1. The number of nitrogens with zero attached hydrogens (tertiary/aromatic N) is 1. The lowest BCUT2D eigenvalue weighted by atomic mass is 10.1. The number of carbonyl (C=O) groups is 1. The van der Waals surface area contributed by atoms with Crippen LogP contribution in [0.5, 0.6) is 5.75 Å². The number of nitrogens with two attached hydrogens (primary N) is 1. The van der Waals surface area contributed by atoms with Gasteiger partial charge in [0.25, 0.3) is 0 Å². The Morgan fingerprint density at radius 1 is 1.33 bits per heavy atom. The van der Waals surface area contributed by atoms with E-state index in [1.807, 2.05) is 36.1 Å². The number of amides is 1. The highest BCUT2D eigenvalue weighted by Crippen LogP contribution is 2.14. The first-order valence-corrected chi connectivity index (χ1v) is 7.81. The number of ether oxygens (including phenoxy) is 1. The SMILES string of the molecule is CCC(CC)N(CCN)C(=O)CCOc1cccc(C)c1. The predicted molar refractivity (Wildman–Crippen MR) is 86.4 cm³/mol. The molecule has 0 unspecified atom stereocenters. The number of hydrogen-bond acceptors (Lipinski definition) is 3. The van der Waals surface area contributed by atoms with Crippen molar-refractivity contribution in [2.24, 2.45) is 5.73 Å². The monoisotopic (exact) mass is 292 g/mol. The minimum absolute atomic E-state index is 0.127. The van der Waals surface area contributed by atoms with E-state index in [1.165, 1.54) is 0 Å². The second-order valence-electron chi connectivity index (χ2n) is 5.26. The molecule has 1 aromatic carbocycles. The Morgan fingerprint density at radius 3 is 2.62 bits per heavy atom. The molecule has 0 atom stereocenters. The van der Waals surface area contributed by atoms with Gasteiger partial charge in [0.1, 0.15) is 5.75 Å². The highest BCUT2D eigenvalue weighted by Gasteiger charge is 2.19. The molecule has 1 aromatic rings. The van der Waals surface area contributed by atoms with Gasteiger partial charge in [-0.05, 0) is 37.5 Å². The molecular formula is C17H28N2O2. The van der Waals surface area contributed by atoms with Gasteiger partial charge >= 0.3 is 0 Å². The van der Waals surface area contributed by atoms with Crippen LogP contribution in [0.15, 0.2) is 24.3 Å². The van der Waals surface area contributed by atoms with Crippen molar-refractivity contribution in [2.75, 3.05) is 19.7 Å². The summed E-state index contributed by atoms with van der Waals surface area (Å²) in [5.41, 5.74) is 6.78. The number of benzene rings is 1. The highest BCUT2D eigenvalue weighted by atomic mass is 16.5. The van der Waals surface area contributed by atoms with E-state index in [9.17, 15) is 4.79 Å². The van der Waals surface area contributed by atoms with E-state index in [1.54, 1.807) is 0 Å². The van der Waals surface area contributed by atoms with Crippen LogP contribution in [-0.2, 0) is 4.79 Å². The van der Waals surface area contributed by atoms with Gasteiger partial charge in [0.05, 0.1) is 13.0 Å². The van der Waals surface area contributed by atoms with E-state index in [4.69, 9.17) is 10.5 Å². The van der Waals surface area contributed by atoms with Crippen LogP contribution in [0.3, 0.4) is 0 Å². The van der Waals surface area contributed by atoms with Gasteiger partial charge in [0.15, 0.2) is 0 Å². The van der Waals surface area contributed by atoms with Crippen molar-refractivity contribution in [3.8, 4) is 5.75 Å². The minimum Gasteiger partial charge on any atom is -0.493 e. The smallest absolute Gasteiger partial charge is 0.226 e. The van der Waals surface area contributed by atoms with Crippen LogP contribution in [0.25, 0.3) is 0 Å². The molecule has 21 heavy (non-hydrogen) atoms. The molecule has 0 aliphatic heterocycles. The lowest BCUT2D eigenvalue weighted by Crippen LogP contribution is -2.43. The molecule has 1 amide bonds. The maximum absolute atomic E-state index is 12.3. The lowest BCUT2D eigenvalue weighted by Gasteiger charge is -2.30. The third-order valence-corrected chi connectivity index (χ3v) is 3.65. The Balaban J connectivity index is 2.49. The second-order valence-corrected chi connectivity index (χ2v) is 5.26. The van der Waals surface area contributed by atoms with E-state index in [-0.39, 0.29) is 11.9 Å². The first-order chi connectivity index (χ1) is 10.1. The third-order valence-electron chi connectivity index (χ3n) is 3.65.